The fourth-order valence-electron chi connectivity index (χ4n) is 5.25. The first-order valence-electron chi connectivity index (χ1n) is 13.8. The van der Waals surface area contributed by atoms with E-state index in [1.54, 1.807) is 61.9 Å². The van der Waals surface area contributed by atoms with E-state index in [0.29, 0.717) is 43.7 Å². The summed E-state index contributed by atoms with van der Waals surface area (Å²) in [5.74, 6) is -0.134. The minimum Gasteiger partial charge on any atom is -0.476 e. The number of hydrogen-bond donors (Lipinski definition) is 1. The van der Waals surface area contributed by atoms with Gasteiger partial charge in [0.25, 0.3) is 11.9 Å². The summed E-state index contributed by atoms with van der Waals surface area (Å²) in [4.78, 5) is 31.8. The van der Waals surface area contributed by atoms with Crippen molar-refractivity contribution in [2.24, 2.45) is 5.41 Å². The summed E-state index contributed by atoms with van der Waals surface area (Å²) >= 11 is 6.62. The lowest BCUT2D eigenvalue weighted by Crippen LogP contribution is -2.54. The number of carbonyl (C=O) groups is 2. The van der Waals surface area contributed by atoms with Crippen molar-refractivity contribution in [3.8, 4) is 11.8 Å². The highest BCUT2D eigenvalue weighted by atomic mass is 35.5. The molecule has 2 amide bonds. The second-order valence-electron chi connectivity index (χ2n) is 11.8. The largest absolute Gasteiger partial charge is 0.476 e. The number of aromatic amines is 1. The number of piperidine rings is 1. The van der Waals surface area contributed by atoms with Crippen LogP contribution >= 0.6 is 11.6 Å². The number of rotatable bonds is 5. The van der Waals surface area contributed by atoms with Crippen LogP contribution < -0.4 is 14.5 Å². The number of fused-ring (bicyclic) bond motifs is 1. The maximum Gasteiger partial charge on any atom is 0.415 e. The van der Waals surface area contributed by atoms with Gasteiger partial charge >= 0.3 is 6.09 Å². The second kappa shape index (κ2) is 11.7. The Kier molecular flexibility index (Phi) is 8.16. The van der Waals surface area contributed by atoms with E-state index in [2.05, 4.69) is 26.7 Å². The molecular weight excluding hydrogens is 579 g/mol. The predicted octanol–water partition coefficient (Wildman–Crippen LogP) is 4.64. The zero-order chi connectivity index (χ0) is 30.9. The molecule has 5 rings (SSSR count). The van der Waals surface area contributed by atoms with E-state index >= 15 is 0 Å². The van der Waals surface area contributed by atoms with E-state index in [-0.39, 0.29) is 35.0 Å². The maximum absolute atomic E-state index is 13.8. The number of benzene rings is 2. The minimum atomic E-state index is -1.03. The smallest absolute Gasteiger partial charge is 0.415 e. The average molecular weight is 611 g/mol. The molecular formula is C29H32ClFN8O4. The molecule has 14 heteroatoms. The SMILES string of the molecule is CN(c1nn[nH]n1)c1cc2c(cc1Cl)N(C(=O)OC(C)(C)C)CC(C(=O)N1CCC(C#N)(Cc3ccc(F)cc3)CC1)O2. The van der Waals surface area contributed by atoms with E-state index in [9.17, 15) is 19.2 Å². The third kappa shape index (κ3) is 6.49. The average Bonchev–Trinajstić information content (AvgIpc) is 3.52. The predicted molar refractivity (Wildman–Crippen MR) is 156 cm³/mol. The molecule has 1 saturated heterocycles. The van der Waals surface area contributed by atoms with E-state index in [1.807, 2.05) is 0 Å². The highest BCUT2D eigenvalue weighted by Crippen LogP contribution is 2.43. The van der Waals surface area contributed by atoms with Crippen LogP contribution in [0.25, 0.3) is 0 Å². The number of H-pyrrole nitrogens is 1. The van der Waals surface area contributed by atoms with Gasteiger partial charge in [0.2, 0.25) is 0 Å². The standard InChI is InChI=1S/C29H32ClFN8O4/c1-28(2,3)43-27(41)39-16-24(42-23-14-21(20(30)13-22(23)39)37(4)26-33-35-36-34-26)25(40)38-11-9-29(17-32,10-12-38)15-18-5-7-19(31)8-6-18/h5-8,13-14,24H,9-12,15-16H2,1-4H3,(H,33,34,35,36). The van der Waals surface area contributed by atoms with Crippen LogP contribution in [0.5, 0.6) is 5.75 Å². The normalized spacial score (nSPS) is 17.8. The number of ether oxygens (including phenoxy) is 2. The molecule has 0 bridgehead atoms. The number of nitriles is 1. The Bertz CT molecular complexity index is 1530. The van der Waals surface area contributed by atoms with Crippen molar-refractivity contribution in [1.82, 2.24) is 25.5 Å². The van der Waals surface area contributed by atoms with Crippen molar-refractivity contribution in [2.75, 3.05) is 36.5 Å². The van der Waals surface area contributed by atoms with Crippen LogP contribution in [-0.2, 0) is 16.0 Å². The molecule has 1 aromatic heterocycles. The Hall–Kier alpha value is -4.44. The lowest BCUT2D eigenvalue weighted by Gasteiger charge is -2.41. The number of tetrazole rings is 1. The molecule has 1 fully saturated rings. The van der Waals surface area contributed by atoms with Gasteiger partial charge in [-0.2, -0.15) is 10.5 Å². The molecule has 1 N–H and O–H groups in total. The summed E-state index contributed by atoms with van der Waals surface area (Å²) < 4.78 is 25.3. The Morgan fingerprint density at radius 1 is 1.26 bits per heavy atom. The summed E-state index contributed by atoms with van der Waals surface area (Å²) in [6, 6.07) is 11.8. The molecule has 43 heavy (non-hydrogen) atoms. The molecule has 0 spiro atoms. The first-order valence-corrected chi connectivity index (χ1v) is 14.2. The number of carbonyl (C=O) groups excluding carboxylic acids is 2. The van der Waals surface area contributed by atoms with Crippen molar-refractivity contribution < 1.29 is 23.5 Å². The highest BCUT2D eigenvalue weighted by molar-refractivity contribution is 6.34. The van der Waals surface area contributed by atoms with Gasteiger partial charge in [0, 0.05) is 26.2 Å². The maximum atomic E-state index is 13.8. The summed E-state index contributed by atoms with van der Waals surface area (Å²) in [5.41, 5.74) is 0.230. The Morgan fingerprint density at radius 3 is 2.56 bits per heavy atom. The number of nitrogens with one attached hydrogen (secondary N) is 1. The molecule has 1 unspecified atom stereocenters. The van der Waals surface area contributed by atoms with Gasteiger partial charge < -0.3 is 19.3 Å². The number of aromatic nitrogens is 4. The van der Waals surface area contributed by atoms with Crippen LogP contribution in [0, 0.1) is 22.6 Å². The molecule has 2 aliphatic heterocycles. The van der Waals surface area contributed by atoms with Crippen LogP contribution in [0.15, 0.2) is 36.4 Å². The number of likely N-dealkylation sites (tertiary alicyclic amines) is 1. The van der Waals surface area contributed by atoms with Crippen LogP contribution in [0.1, 0.15) is 39.2 Å². The number of amides is 2. The summed E-state index contributed by atoms with van der Waals surface area (Å²) in [7, 11) is 1.69. The summed E-state index contributed by atoms with van der Waals surface area (Å²) in [6.45, 7) is 5.84. The van der Waals surface area contributed by atoms with Gasteiger partial charge in [-0.1, -0.05) is 28.8 Å². The first kappa shape index (κ1) is 30.0. The van der Waals surface area contributed by atoms with Crippen molar-refractivity contribution in [3.63, 3.8) is 0 Å². The third-order valence-electron chi connectivity index (χ3n) is 7.55. The molecule has 12 nitrogen and oxygen atoms in total. The lowest BCUT2D eigenvalue weighted by atomic mass is 9.75. The van der Waals surface area contributed by atoms with Crippen molar-refractivity contribution in [1.29, 1.82) is 5.26 Å². The van der Waals surface area contributed by atoms with Gasteiger partial charge in [-0.15, -0.1) is 5.10 Å². The van der Waals surface area contributed by atoms with E-state index in [4.69, 9.17) is 21.1 Å². The van der Waals surface area contributed by atoms with Crippen molar-refractivity contribution in [3.05, 3.63) is 52.8 Å². The Balaban J connectivity index is 1.38. The summed E-state index contributed by atoms with van der Waals surface area (Å²) in [5, 5.41) is 24.3. The van der Waals surface area contributed by atoms with Gasteiger partial charge in [0.1, 0.15) is 17.2 Å². The fourth-order valence-corrected chi connectivity index (χ4v) is 5.54. The number of nitrogens with zero attached hydrogens (tertiary/aromatic N) is 7. The molecule has 0 aliphatic carbocycles. The van der Waals surface area contributed by atoms with E-state index in [0.717, 1.165) is 5.56 Å². The number of halogens is 2. The Morgan fingerprint density at radius 2 is 1.95 bits per heavy atom. The van der Waals surface area contributed by atoms with Gasteiger partial charge in [0.05, 0.1) is 34.4 Å². The topological polar surface area (TPSA) is 141 Å². The van der Waals surface area contributed by atoms with Gasteiger partial charge in [-0.05, 0) is 69.0 Å². The van der Waals surface area contributed by atoms with Crippen LogP contribution in [0.4, 0.5) is 26.5 Å². The van der Waals surface area contributed by atoms with Crippen molar-refractivity contribution in [2.45, 2.75) is 51.7 Å². The zero-order valence-corrected chi connectivity index (χ0v) is 25.1. The van der Waals surface area contributed by atoms with Gasteiger partial charge in [0.15, 0.2) is 6.10 Å². The molecule has 2 aliphatic rings. The lowest BCUT2D eigenvalue weighted by molar-refractivity contribution is -0.140. The van der Waals surface area contributed by atoms with Crippen LogP contribution in [0.2, 0.25) is 5.02 Å². The van der Waals surface area contributed by atoms with Gasteiger partial charge in [-0.25, -0.2) is 9.18 Å². The molecule has 1 atom stereocenters. The van der Waals surface area contributed by atoms with Crippen LogP contribution in [-0.4, -0.2) is 75.9 Å². The Labute approximate surface area is 253 Å². The molecule has 226 valence electrons. The summed E-state index contributed by atoms with van der Waals surface area (Å²) in [6.07, 6.45) is -0.326. The minimum absolute atomic E-state index is 0.0907. The number of anilines is 3. The van der Waals surface area contributed by atoms with E-state index < -0.39 is 23.2 Å². The monoisotopic (exact) mass is 610 g/mol. The third-order valence-corrected chi connectivity index (χ3v) is 7.85. The van der Waals surface area contributed by atoms with Gasteiger partial charge in [-0.3, -0.25) is 9.69 Å². The quantitative estimate of drug-likeness (QED) is 0.437. The molecule has 0 radical (unpaired) electrons. The molecule has 0 saturated carbocycles. The van der Waals surface area contributed by atoms with Crippen molar-refractivity contribution >= 4 is 40.9 Å². The molecule has 3 heterocycles. The molecule has 2 aromatic carbocycles. The fraction of sp³-hybridized carbons (Fsp3) is 0.448. The van der Waals surface area contributed by atoms with Crippen LogP contribution in [0.3, 0.4) is 0 Å². The first-order chi connectivity index (χ1) is 20.4. The molecule has 3 aromatic rings. The zero-order valence-electron chi connectivity index (χ0n) is 24.3. The highest BCUT2D eigenvalue weighted by Gasteiger charge is 2.42. The number of hydrogen-bond acceptors (Lipinski definition) is 9. The second-order valence-corrected chi connectivity index (χ2v) is 12.2. The van der Waals surface area contributed by atoms with E-state index in [1.165, 1.54) is 17.0 Å².